The topological polar surface area (TPSA) is 0 Å². The van der Waals surface area contributed by atoms with E-state index in [4.69, 9.17) is 0 Å². The van der Waals surface area contributed by atoms with Crippen LogP contribution in [0.25, 0.3) is 0 Å². The second-order valence-electron chi connectivity index (χ2n) is 2.67. The van der Waals surface area contributed by atoms with Crippen LogP contribution in [0.4, 0.5) is 0 Å². The van der Waals surface area contributed by atoms with Crippen molar-refractivity contribution in [1.29, 1.82) is 0 Å². The van der Waals surface area contributed by atoms with Crippen LogP contribution >= 0.6 is 22.6 Å². The molecule has 1 aliphatic rings. The number of hydrogen-bond donors (Lipinski definition) is 0. The van der Waals surface area contributed by atoms with Crippen LogP contribution in [0.1, 0.15) is 40.0 Å². The average Bonchev–Trinajstić information content (AvgIpc) is 2.67. The third-order valence-electron chi connectivity index (χ3n) is 1.87. The normalized spacial score (nSPS) is 17.5. The monoisotopic (exact) mass is 306 g/mol. The minimum absolute atomic E-state index is 1.20. The van der Waals surface area contributed by atoms with E-state index in [-0.39, 0.29) is 0 Å². The van der Waals surface area contributed by atoms with E-state index in [1.807, 2.05) is 25.7 Å². The highest BCUT2D eigenvalue weighted by molar-refractivity contribution is 14.1. The molecule has 0 nitrogen and oxygen atoms in total. The van der Waals surface area contributed by atoms with Crippen LogP contribution in [-0.2, 0) is 0 Å². The van der Waals surface area contributed by atoms with Crippen LogP contribution in [0.15, 0.2) is 36.0 Å². The summed E-state index contributed by atoms with van der Waals surface area (Å²) in [5, 5.41) is 0. The molecule has 1 rings (SSSR count). The summed E-state index contributed by atoms with van der Waals surface area (Å²) in [6.45, 7) is 10.0. The molecule has 14 heavy (non-hydrogen) atoms. The fraction of sp³-hybridized carbons (Fsp3) is 0.538. The molecule has 1 fully saturated rings. The van der Waals surface area contributed by atoms with Crippen LogP contribution in [-0.4, -0.2) is 4.93 Å². The van der Waals surface area contributed by atoms with Crippen molar-refractivity contribution in [3.8, 4) is 0 Å². The van der Waals surface area contributed by atoms with Crippen LogP contribution in [0.5, 0.6) is 0 Å². The van der Waals surface area contributed by atoms with Crippen LogP contribution in [0, 0.1) is 0 Å². The molecule has 0 unspecified atom stereocenters. The van der Waals surface area contributed by atoms with Gasteiger partial charge in [-0.15, -0.1) is 0 Å². The van der Waals surface area contributed by atoms with Crippen molar-refractivity contribution in [2.45, 2.75) is 40.0 Å². The largest absolute Gasteiger partial charge is 0.0956 e. The molecule has 1 saturated carbocycles. The molecular formula is C13H23I. The lowest BCUT2D eigenvalue weighted by molar-refractivity contribution is 0.933. The third-order valence-corrected chi connectivity index (χ3v) is 1.87. The van der Waals surface area contributed by atoms with Crippen molar-refractivity contribution in [2.24, 2.45) is 0 Å². The molecule has 82 valence electrons. The molecule has 1 heteroatoms. The Hall–Kier alpha value is -0.0500. The zero-order chi connectivity index (χ0) is 11.4. The summed E-state index contributed by atoms with van der Waals surface area (Å²) in [7, 11) is 0. The van der Waals surface area contributed by atoms with Crippen molar-refractivity contribution >= 4 is 22.6 Å². The number of halogens is 1. The Balaban J connectivity index is 0. The van der Waals surface area contributed by atoms with Crippen molar-refractivity contribution in [1.82, 2.24) is 0 Å². The smallest absolute Gasteiger partial charge is 0.0121 e. The maximum Gasteiger partial charge on any atom is -0.0121 e. The Morgan fingerprint density at radius 3 is 2.14 bits per heavy atom. The first-order valence-electron chi connectivity index (χ1n) is 5.22. The fourth-order valence-corrected chi connectivity index (χ4v) is 1.24. The second kappa shape index (κ2) is 12.9. The van der Waals surface area contributed by atoms with Gasteiger partial charge in [0.1, 0.15) is 0 Å². The third kappa shape index (κ3) is 7.36. The maximum absolute atomic E-state index is 3.99. The molecule has 1 aliphatic carbocycles. The lowest BCUT2D eigenvalue weighted by Gasteiger charge is -1.92. The molecule has 0 atom stereocenters. The molecule has 0 aliphatic heterocycles. The Morgan fingerprint density at radius 1 is 1.21 bits per heavy atom. The van der Waals surface area contributed by atoms with Crippen molar-refractivity contribution in [3.63, 3.8) is 0 Å². The van der Waals surface area contributed by atoms with Crippen molar-refractivity contribution < 1.29 is 0 Å². The highest BCUT2D eigenvalue weighted by atomic mass is 127. The molecule has 0 amide bonds. The lowest BCUT2D eigenvalue weighted by Crippen LogP contribution is -1.72. The van der Waals surface area contributed by atoms with Gasteiger partial charge in [0, 0.05) is 0 Å². The summed E-state index contributed by atoms with van der Waals surface area (Å²) < 4.78 is 0. The summed E-state index contributed by atoms with van der Waals surface area (Å²) in [5.41, 5.74) is 2.77. The molecule has 0 N–H and O–H groups in total. The van der Waals surface area contributed by atoms with Gasteiger partial charge in [-0.2, -0.15) is 0 Å². The van der Waals surface area contributed by atoms with E-state index in [2.05, 4.69) is 47.4 Å². The van der Waals surface area contributed by atoms with Crippen LogP contribution in [0.2, 0.25) is 0 Å². The predicted octanol–water partition coefficient (Wildman–Crippen LogP) is 5.31. The standard InChI is InChI=1S/C10H14.C2H6.CH3I/c1-3-4-7-10-8-5-6-9(10)2;2*1-2/h3-4,7H,2,5-6,8H2,1H3;1-2H3;1H3/b4-3-,10-7-;;. The van der Waals surface area contributed by atoms with Gasteiger partial charge in [-0.1, -0.05) is 66.8 Å². The molecule has 0 bridgehead atoms. The summed E-state index contributed by atoms with van der Waals surface area (Å²) >= 11 is 2.15. The molecule has 0 aromatic carbocycles. The van der Waals surface area contributed by atoms with E-state index in [1.54, 1.807) is 0 Å². The van der Waals surface area contributed by atoms with Crippen molar-refractivity contribution in [3.05, 3.63) is 36.0 Å². The quantitative estimate of drug-likeness (QED) is 0.455. The van der Waals surface area contributed by atoms with E-state index >= 15 is 0 Å². The van der Waals surface area contributed by atoms with E-state index in [1.165, 1.54) is 30.4 Å². The first-order valence-corrected chi connectivity index (χ1v) is 7.38. The van der Waals surface area contributed by atoms with Crippen LogP contribution in [0.3, 0.4) is 0 Å². The molecule has 0 heterocycles. The van der Waals surface area contributed by atoms with Gasteiger partial charge in [-0.3, -0.25) is 0 Å². The van der Waals surface area contributed by atoms with Gasteiger partial charge in [0.05, 0.1) is 0 Å². The van der Waals surface area contributed by atoms with Gasteiger partial charge in [-0.25, -0.2) is 0 Å². The minimum Gasteiger partial charge on any atom is -0.0956 e. The Bertz CT molecular complexity index is 187. The first kappa shape index (κ1) is 16.4. The molecule has 0 radical (unpaired) electrons. The first-order chi connectivity index (χ1) is 6.84. The lowest BCUT2D eigenvalue weighted by atomic mass is 10.1. The van der Waals surface area contributed by atoms with E-state index < -0.39 is 0 Å². The molecule has 0 spiro atoms. The van der Waals surface area contributed by atoms with E-state index in [0.29, 0.717) is 0 Å². The number of rotatable bonds is 1. The summed E-state index contributed by atoms with van der Waals surface area (Å²) in [4.78, 5) is 1.97. The SMILES string of the molecule is C=C1CCC/C1=C/C=C\C.CC.CI. The minimum atomic E-state index is 1.20. The van der Waals surface area contributed by atoms with E-state index in [9.17, 15) is 0 Å². The van der Waals surface area contributed by atoms with Gasteiger partial charge in [0.15, 0.2) is 0 Å². The predicted molar refractivity (Wildman–Crippen MR) is 77.2 cm³/mol. The Morgan fingerprint density at radius 2 is 1.79 bits per heavy atom. The van der Waals surface area contributed by atoms with Gasteiger partial charge in [0.2, 0.25) is 0 Å². The molecule has 0 saturated heterocycles. The van der Waals surface area contributed by atoms with Gasteiger partial charge in [0.25, 0.3) is 0 Å². The number of alkyl halides is 1. The number of hydrogen-bond acceptors (Lipinski definition) is 0. The van der Waals surface area contributed by atoms with Crippen molar-refractivity contribution in [2.75, 3.05) is 4.93 Å². The molecular weight excluding hydrogens is 283 g/mol. The van der Waals surface area contributed by atoms with Crippen LogP contribution < -0.4 is 0 Å². The fourth-order valence-electron chi connectivity index (χ4n) is 1.24. The summed E-state index contributed by atoms with van der Waals surface area (Å²) in [6.07, 6.45) is 10.0. The zero-order valence-electron chi connectivity index (χ0n) is 9.94. The number of allylic oxidation sites excluding steroid dienone is 5. The highest BCUT2D eigenvalue weighted by Gasteiger charge is 2.08. The van der Waals surface area contributed by atoms with Gasteiger partial charge < -0.3 is 0 Å². The van der Waals surface area contributed by atoms with Gasteiger partial charge >= 0.3 is 0 Å². The Labute approximate surface area is 103 Å². The van der Waals surface area contributed by atoms with Gasteiger partial charge in [-0.05, 0) is 36.7 Å². The molecule has 0 aromatic rings. The zero-order valence-corrected chi connectivity index (χ0v) is 12.1. The average molecular weight is 306 g/mol. The second-order valence-corrected chi connectivity index (χ2v) is 2.67. The summed E-state index contributed by atoms with van der Waals surface area (Å²) in [5.74, 6) is 0. The van der Waals surface area contributed by atoms with E-state index in [0.717, 1.165) is 0 Å². The Kier molecular flexibility index (Phi) is 15.2. The molecule has 0 aromatic heterocycles. The summed E-state index contributed by atoms with van der Waals surface area (Å²) in [6, 6.07) is 0. The maximum atomic E-state index is 3.99. The highest BCUT2D eigenvalue weighted by Crippen LogP contribution is 2.28.